The van der Waals surface area contributed by atoms with Crippen molar-refractivity contribution in [3.63, 3.8) is 0 Å². The molecule has 0 saturated carbocycles. The largest absolute Gasteiger partial charge is 0.483 e. The fraction of sp³-hybridized carbons (Fsp3) is 0.200. The second kappa shape index (κ2) is 9.07. The molecule has 0 radical (unpaired) electrons. The highest BCUT2D eigenvalue weighted by Crippen LogP contribution is 2.33. The maximum atomic E-state index is 13.2. The Morgan fingerprint density at radius 2 is 1.82 bits per heavy atom. The summed E-state index contributed by atoms with van der Waals surface area (Å²) in [4.78, 5) is 23.9. The normalized spacial score (nSPS) is 12.8. The van der Waals surface area contributed by atoms with Crippen LogP contribution >= 0.6 is 0 Å². The predicted molar refractivity (Wildman–Crippen MR) is 126 cm³/mol. The molecule has 1 N–H and O–H groups in total. The van der Waals surface area contributed by atoms with Crippen LogP contribution in [0.15, 0.2) is 71.6 Å². The van der Waals surface area contributed by atoms with Crippen molar-refractivity contribution < 1.29 is 22.7 Å². The van der Waals surface area contributed by atoms with Crippen LogP contribution < -0.4 is 14.4 Å². The number of ketones is 1. The lowest BCUT2D eigenvalue weighted by Crippen LogP contribution is -2.29. The number of hydrogen-bond donors (Lipinski definition) is 1. The van der Waals surface area contributed by atoms with Gasteiger partial charge in [0.1, 0.15) is 5.75 Å². The number of Topliss-reactive ketones (excluding diaryl/α,β-unsaturated/α-hetero) is 1. The molecule has 0 bridgehead atoms. The average Bonchev–Trinajstić information content (AvgIpc) is 3.23. The van der Waals surface area contributed by atoms with Gasteiger partial charge in [-0.05, 0) is 67.8 Å². The number of para-hydroxylation sites is 1. The van der Waals surface area contributed by atoms with Crippen molar-refractivity contribution in [3.8, 4) is 5.75 Å². The van der Waals surface area contributed by atoms with Crippen LogP contribution in [-0.2, 0) is 21.2 Å². The Bertz CT molecular complexity index is 1330. The molecular formula is C25H24N2O5S. The van der Waals surface area contributed by atoms with Crippen molar-refractivity contribution in [2.45, 2.75) is 25.2 Å². The maximum absolute atomic E-state index is 13.2. The molecule has 1 amide bonds. The molecule has 0 unspecified atom stereocenters. The Kier molecular flexibility index (Phi) is 6.20. The topological polar surface area (TPSA) is 92.8 Å². The first-order chi connectivity index (χ1) is 15.8. The number of nitrogens with zero attached hydrogens (tertiary/aromatic N) is 1. The number of carbonyl (C=O) groups is 2. The van der Waals surface area contributed by atoms with Crippen molar-refractivity contribution in [1.29, 1.82) is 0 Å². The molecule has 7 nitrogen and oxygen atoms in total. The number of sulfonamides is 1. The second-order valence-electron chi connectivity index (χ2n) is 7.86. The summed E-state index contributed by atoms with van der Waals surface area (Å²) in [5.74, 6) is -0.0608. The zero-order valence-corrected chi connectivity index (χ0v) is 19.2. The zero-order chi connectivity index (χ0) is 23.6. The fourth-order valence-corrected chi connectivity index (χ4v) is 5.37. The third-order valence-corrected chi connectivity index (χ3v) is 7.30. The van der Waals surface area contributed by atoms with E-state index in [0.29, 0.717) is 41.2 Å². The lowest BCUT2D eigenvalue weighted by molar-refractivity contribution is -0.118. The van der Waals surface area contributed by atoms with Gasteiger partial charge in [0.15, 0.2) is 12.4 Å². The van der Waals surface area contributed by atoms with E-state index in [1.165, 1.54) is 17.3 Å². The predicted octanol–water partition coefficient (Wildman–Crippen LogP) is 3.97. The molecule has 170 valence electrons. The van der Waals surface area contributed by atoms with Gasteiger partial charge in [0, 0.05) is 17.8 Å². The van der Waals surface area contributed by atoms with Crippen LogP contribution in [0.4, 0.5) is 11.4 Å². The first kappa shape index (κ1) is 22.5. The number of anilines is 2. The number of ether oxygens (including phenoxy) is 1. The smallest absolute Gasteiger partial charge is 0.264 e. The van der Waals surface area contributed by atoms with Crippen LogP contribution in [0.3, 0.4) is 0 Å². The third kappa shape index (κ3) is 4.75. The van der Waals surface area contributed by atoms with E-state index in [0.717, 1.165) is 5.56 Å². The van der Waals surface area contributed by atoms with E-state index < -0.39 is 10.0 Å². The highest BCUT2D eigenvalue weighted by molar-refractivity contribution is 7.92. The molecule has 3 aromatic rings. The molecule has 1 heterocycles. The average molecular weight is 465 g/mol. The van der Waals surface area contributed by atoms with Crippen molar-refractivity contribution in [3.05, 3.63) is 83.4 Å². The van der Waals surface area contributed by atoms with E-state index in [1.807, 2.05) is 24.3 Å². The summed E-state index contributed by atoms with van der Waals surface area (Å²) in [6.45, 7) is 3.35. The number of fused-ring (bicyclic) bond motifs is 1. The Labute approximate surface area is 193 Å². The van der Waals surface area contributed by atoms with Crippen LogP contribution in [0.25, 0.3) is 0 Å². The first-order valence-electron chi connectivity index (χ1n) is 10.5. The van der Waals surface area contributed by atoms with Crippen LogP contribution in [0, 0.1) is 6.92 Å². The van der Waals surface area contributed by atoms with Crippen LogP contribution in [0.5, 0.6) is 5.75 Å². The van der Waals surface area contributed by atoms with Crippen LogP contribution in [0.2, 0.25) is 0 Å². The number of rotatable bonds is 7. The van der Waals surface area contributed by atoms with E-state index in [-0.39, 0.29) is 23.2 Å². The van der Waals surface area contributed by atoms with Gasteiger partial charge in [-0.25, -0.2) is 8.42 Å². The van der Waals surface area contributed by atoms with Crippen molar-refractivity contribution in [2.75, 3.05) is 22.8 Å². The number of aryl methyl sites for hydroxylation is 1. The summed E-state index contributed by atoms with van der Waals surface area (Å²) < 4.78 is 33.4. The Morgan fingerprint density at radius 3 is 2.58 bits per heavy atom. The van der Waals surface area contributed by atoms with Gasteiger partial charge in [-0.2, -0.15) is 0 Å². The summed E-state index contributed by atoms with van der Waals surface area (Å²) in [5, 5.41) is 2.69. The van der Waals surface area contributed by atoms with Crippen molar-refractivity contribution in [1.82, 2.24) is 0 Å². The number of amides is 1. The number of benzene rings is 3. The van der Waals surface area contributed by atoms with Gasteiger partial charge in [-0.15, -0.1) is 0 Å². The van der Waals surface area contributed by atoms with Gasteiger partial charge >= 0.3 is 0 Å². The minimum Gasteiger partial charge on any atom is -0.483 e. The fourth-order valence-electron chi connectivity index (χ4n) is 3.79. The van der Waals surface area contributed by atoms with E-state index >= 15 is 0 Å². The summed E-state index contributed by atoms with van der Waals surface area (Å²) in [5.41, 5.74) is 3.33. The van der Waals surface area contributed by atoms with Gasteiger partial charge in [0.2, 0.25) is 0 Å². The highest BCUT2D eigenvalue weighted by Gasteiger charge is 2.30. The molecule has 0 spiro atoms. The molecule has 0 aromatic heterocycles. The number of carbonyl (C=O) groups excluding carboxylic acids is 2. The minimum absolute atomic E-state index is 0.0922. The molecule has 0 saturated heterocycles. The summed E-state index contributed by atoms with van der Waals surface area (Å²) >= 11 is 0. The standard InChI is InChI=1S/C25H24N2O5S/c1-17-14-22(33(30,31)27-13-12-19-6-3-4-9-23(19)27)10-11-24(17)32-16-25(29)26-21-8-5-7-20(15-21)18(2)28/h3-11,14-15H,12-13,16H2,1-2H3,(H,26,29). The molecule has 3 aromatic carbocycles. The molecule has 0 aliphatic carbocycles. The van der Waals surface area contributed by atoms with Gasteiger partial charge in [0.25, 0.3) is 15.9 Å². The highest BCUT2D eigenvalue weighted by atomic mass is 32.2. The van der Waals surface area contributed by atoms with E-state index in [2.05, 4.69) is 5.32 Å². The molecule has 0 fully saturated rings. The Morgan fingerprint density at radius 1 is 1.03 bits per heavy atom. The third-order valence-electron chi connectivity index (χ3n) is 5.49. The molecule has 8 heteroatoms. The van der Waals surface area contributed by atoms with Crippen LogP contribution in [0.1, 0.15) is 28.4 Å². The lowest BCUT2D eigenvalue weighted by atomic mass is 10.1. The van der Waals surface area contributed by atoms with E-state index in [9.17, 15) is 18.0 Å². The zero-order valence-electron chi connectivity index (χ0n) is 18.4. The van der Waals surface area contributed by atoms with Crippen molar-refractivity contribution >= 4 is 33.1 Å². The Hall–Kier alpha value is -3.65. The molecule has 0 atom stereocenters. The summed E-state index contributed by atoms with van der Waals surface area (Å²) in [6, 6.07) is 18.7. The number of nitrogens with one attached hydrogen (secondary N) is 1. The van der Waals surface area contributed by atoms with Gasteiger partial charge in [-0.3, -0.25) is 13.9 Å². The molecule has 1 aliphatic heterocycles. The molecule has 4 rings (SSSR count). The number of hydrogen-bond acceptors (Lipinski definition) is 5. The van der Waals surface area contributed by atoms with E-state index in [1.54, 1.807) is 43.3 Å². The summed E-state index contributed by atoms with van der Waals surface area (Å²) in [7, 11) is -3.70. The van der Waals surface area contributed by atoms with E-state index in [4.69, 9.17) is 4.74 Å². The summed E-state index contributed by atoms with van der Waals surface area (Å²) in [6.07, 6.45) is 0.681. The quantitative estimate of drug-likeness (QED) is 0.534. The first-order valence-corrected chi connectivity index (χ1v) is 11.9. The molecular weight excluding hydrogens is 440 g/mol. The maximum Gasteiger partial charge on any atom is 0.264 e. The van der Waals surface area contributed by atoms with Gasteiger partial charge < -0.3 is 10.1 Å². The van der Waals surface area contributed by atoms with Crippen molar-refractivity contribution in [2.24, 2.45) is 0 Å². The molecule has 1 aliphatic rings. The molecule has 33 heavy (non-hydrogen) atoms. The van der Waals surface area contributed by atoms with Gasteiger partial charge in [0.05, 0.1) is 10.6 Å². The van der Waals surface area contributed by atoms with Gasteiger partial charge in [-0.1, -0.05) is 30.3 Å². The monoisotopic (exact) mass is 464 g/mol. The SMILES string of the molecule is CC(=O)c1cccc(NC(=O)COc2ccc(S(=O)(=O)N3CCc4ccccc43)cc2C)c1. The minimum atomic E-state index is -3.70. The Balaban J connectivity index is 1.43. The van der Waals surface area contributed by atoms with Crippen LogP contribution in [-0.4, -0.2) is 33.3 Å². The lowest BCUT2D eigenvalue weighted by Gasteiger charge is -2.20. The second-order valence-corrected chi connectivity index (χ2v) is 9.72.